The van der Waals surface area contributed by atoms with Crippen molar-refractivity contribution >= 4 is 43.9 Å². The van der Waals surface area contributed by atoms with Crippen LogP contribution in [0.3, 0.4) is 0 Å². The number of hydrogen-bond acceptors (Lipinski definition) is 4. The molecule has 0 N–H and O–H groups in total. The molecule has 15 rings (SSSR count). The largest absolute Gasteiger partial charge is 0.455 e. The third-order valence-corrected chi connectivity index (χ3v) is 15.7. The van der Waals surface area contributed by atoms with Crippen molar-refractivity contribution in [3.63, 3.8) is 0 Å². The molecule has 0 bridgehead atoms. The van der Waals surface area contributed by atoms with Crippen LogP contribution in [0.25, 0.3) is 155 Å². The van der Waals surface area contributed by atoms with Gasteiger partial charge in [0.15, 0.2) is 0 Å². The molecular weight excluding hydrogens is 973 g/mol. The molecule has 0 saturated carbocycles. The SMILES string of the molecule is c1ccc(-c2ccc(-c3ccccc3-c3cccc(-c4ccccc4-c4ccc(-c5ccccn5)cc4-c4ccc(-c5cccc6c5oc5ccccc56)cc4)c3)c(-c3ccc(-c4cccc5c4oc4ccccc45)cc3)c2)nc1. The molecule has 4 aromatic heterocycles. The number of pyridine rings is 2. The predicted octanol–water partition coefficient (Wildman–Crippen LogP) is 20.9. The van der Waals surface area contributed by atoms with Gasteiger partial charge in [-0.05, 0) is 132 Å². The van der Waals surface area contributed by atoms with Gasteiger partial charge in [0.05, 0.1) is 11.4 Å². The van der Waals surface area contributed by atoms with E-state index in [1.807, 2.05) is 60.9 Å². The van der Waals surface area contributed by atoms with Crippen LogP contribution < -0.4 is 0 Å². The lowest BCUT2D eigenvalue weighted by atomic mass is 9.85. The summed E-state index contributed by atoms with van der Waals surface area (Å²) >= 11 is 0. The zero-order valence-electron chi connectivity index (χ0n) is 43.4. The monoisotopic (exact) mass is 1020 g/mol. The molecule has 15 aromatic rings. The summed E-state index contributed by atoms with van der Waals surface area (Å²) in [6.45, 7) is 0. The Kier molecular flexibility index (Phi) is 11.5. The van der Waals surface area contributed by atoms with Crippen LogP contribution in [0, 0.1) is 0 Å². The van der Waals surface area contributed by atoms with Crippen LogP contribution in [-0.2, 0) is 0 Å². The lowest BCUT2D eigenvalue weighted by Crippen LogP contribution is -1.93. The maximum Gasteiger partial charge on any atom is 0.143 e. The maximum absolute atomic E-state index is 6.48. The van der Waals surface area contributed by atoms with Crippen molar-refractivity contribution in [2.45, 2.75) is 0 Å². The fourth-order valence-corrected chi connectivity index (χ4v) is 11.8. The summed E-state index contributed by atoms with van der Waals surface area (Å²) in [7, 11) is 0. The standard InChI is InChI=1S/C76H48N2O2/c1-3-20-61(63-42-40-55(71-28-9-11-44-77-71)47-69(63)51-36-32-49(33-37-51)59-24-14-26-67-65-22-5-7-30-73(65)79-75(59)67)57(18-1)53-16-13-17-54(46-53)58-19-2-4-21-62(58)64-43-41-56(72-29-10-12-45-78-72)48-70(64)52-38-34-50(35-39-52)60-25-15-27-68-66-23-6-8-31-74(66)80-76(60)68/h1-48H. The molecule has 4 heteroatoms. The molecule has 11 aromatic carbocycles. The molecule has 0 aliphatic heterocycles. The highest BCUT2D eigenvalue weighted by atomic mass is 16.3. The van der Waals surface area contributed by atoms with E-state index < -0.39 is 0 Å². The Morgan fingerprint density at radius 1 is 0.200 bits per heavy atom. The van der Waals surface area contributed by atoms with E-state index in [9.17, 15) is 0 Å². The van der Waals surface area contributed by atoms with Crippen molar-refractivity contribution in [1.82, 2.24) is 9.97 Å². The van der Waals surface area contributed by atoms with Crippen molar-refractivity contribution in [3.05, 3.63) is 291 Å². The summed E-state index contributed by atoms with van der Waals surface area (Å²) in [5.74, 6) is 0. The van der Waals surface area contributed by atoms with Gasteiger partial charge in [0.25, 0.3) is 0 Å². The molecule has 80 heavy (non-hydrogen) atoms. The Hall–Kier alpha value is -10.7. The third-order valence-electron chi connectivity index (χ3n) is 15.7. The highest BCUT2D eigenvalue weighted by molar-refractivity contribution is 6.11. The summed E-state index contributed by atoms with van der Waals surface area (Å²) in [4.78, 5) is 9.55. The second kappa shape index (κ2) is 19.7. The Bertz CT molecular complexity index is 4500. The van der Waals surface area contributed by atoms with Gasteiger partial charge in [0, 0.05) is 56.2 Å². The van der Waals surface area contributed by atoms with Gasteiger partial charge < -0.3 is 8.83 Å². The van der Waals surface area contributed by atoms with E-state index in [0.29, 0.717) is 0 Å². The van der Waals surface area contributed by atoms with Gasteiger partial charge >= 0.3 is 0 Å². The van der Waals surface area contributed by atoms with Crippen molar-refractivity contribution < 1.29 is 8.83 Å². The number of nitrogens with zero attached hydrogens (tertiary/aromatic N) is 2. The van der Waals surface area contributed by atoms with Gasteiger partial charge in [-0.2, -0.15) is 0 Å². The van der Waals surface area contributed by atoms with Crippen LogP contribution in [0.1, 0.15) is 0 Å². The van der Waals surface area contributed by atoms with E-state index in [1.165, 1.54) is 0 Å². The number of para-hydroxylation sites is 4. The van der Waals surface area contributed by atoms with Gasteiger partial charge in [0.1, 0.15) is 22.3 Å². The summed E-state index contributed by atoms with van der Waals surface area (Å²) in [6.07, 6.45) is 3.72. The lowest BCUT2D eigenvalue weighted by Gasteiger charge is -2.18. The Labute approximate surface area is 463 Å². The number of rotatable bonds is 10. The fraction of sp³-hybridized carbons (Fsp3) is 0. The first-order chi connectivity index (χ1) is 39.7. The van der Waals surface area contributed by atoms with Crippen LogP contribution in [0.4, 0.5) is 0 Å². The quantitative estimate of drug-likeness (QED) is 0.137. The minimum Gasteiger partial charge on any atom is -0.455 e. The van der Waals surface area contributed by atoms with Gasteiger partial charge in [-0.15, -0.1) is 0 Å². The highest BCUT2D eigenvalue weighted by Gasteiger charge is 2.20. The molecule has 0 aliphatic carbocycles. The molecular formula is C76H48N2O2. The van der Waals surface area contributed by atoms with Crippen LogP contribution in [0.5, 0.6) is 0 Å². The van der Waals surface area contributed by atoms with Crippen molar-refractivity contribution in [1.29, 1.82) is 0 Å². The Morgan fingerprint density at radius 2 is 0.537 bits per heavy atom. The molecule has 0 amide bonds. The van der Waals surface area contributed by atoms with E-state index in [-0.39, 0.29) is 0 Å². The fourth-order valence-electron chi connectivity index (χ4n) is 11.8. The zero-order chi connectivity index (χ0) is 52.9. The molecule has 0 aliphatic rings. The average molecular weight is 1020 g/mol. The minimum absolute atomic E-state index is 0.893. The van der Waals surface area contributed by atoms with E-state index in [0.717, 1.165) is 155 Å². The van der Waals surface area contributed by atoms with Crippen LogP contribution in [0.15, 0.2) is 300 Å². The molecule has 4 heterocycles. The normalized spacial score (nSPS) is 11.5. The highest BCUT2D eigenvalue weighted by Crippen LogP contribution is 2.45. The minimum atomic E-state index is 0.893. The Balaban J connectivity index is 0.820. The molecule has 0 spiro atoms. The number of aromatic nitrogens is 2. The molecule has 0 saturated heterocycles. The van der Waals surface area contributed by atoms with Gasteiger partial charge in [-0.3, -0.25) is 9.97 Å². The lowest BCUT2D eigenvalue weighted by molar-refractivity contribution is 0.669. The summed E-state index contributed by atoms with van der Waals surface area (Å²) in [6, 6.07) is 99.5. The topological polar surface area (TPSA) is 52.1 Å². The molecule has 0 fully saturated rings. The number of fused-ring (bicyclic) bond motifs is 6. The van der Waals surface area contributed by atoms with E-state index in [1.54, 1.807) is 0 Å². The van der Waals surface area contributed by atoms with Gasteiger partial charge in [0.2, 0.25) is 0 Å². The molecule has 0 unspecified atom stereocenters. The van der Waals surface area contributed by atoms with Crippen LogP contribution in [0.2, 0.25) is 0 Å². The first-order valence-electron chi connectivity index (χ1n) is 27.1. The third kappa shape index (κ3) is 8.26. The van der Waals surface area contributed by atoms with E-state index in [4.69, 9.17) is 18.8 Å². The van der Waals surface area contributed by atoms with Crippen LogP contribution in [-0.4, -0.2) is 9.97 Å². The summed E-state index contributed by atoms with van der Waals surface area (Å²) in [5, 5.41) is 4.48. The number of hydrogen-bond donors (Lipinski definition) is 0. The molecule has 374 valence electrons. The average Bonchev–Trinajstić information content (AvgIpc) is 4.21. The smallest absolute Gasteiger partial charge is 0.143 e. The molecule has 0 atom stereocenters. The maximum atomic E-state index is 6.48. The summed E-state index contributed by atoms with van der Waals surface area (Å²) in [5.41, 5.74) is 25.4. The van der Waals surface area contributed by atoms with Gasteiger partial charge in [-0.25, -0.2) is 0 Å². The second-order valence-corrected chi connectivity index (χ2v) is 20.3. The second-order valence-electron chi connectivity index (χ2n) is 20.3. The van der Waals surface area contributed by atoms with Crippen molar-refractivity contribution in [2.75, 3.05) is 0 Å². The first kappa shape index (κ1) is 46.6. The Morgan fingerprint density at radius 3 is 0.975 bits per heavy atom. The zero-order valence-corrected chi connectivity index (χ0v) is 43.4. The molecule has 0 radical (unpaired) electrons. The number of benzene rings is 11. The number of furan rings is 2. The first-order valence-corrected chi connectivity index (χ1v) is 27.1. The van der Waals surface area contributed by atoms with E-state index in [2.05, 4.69) is 231 Å². The summed E-state index contributed by atoms with van der Waals surface area (Å²) < 4.78 is 13.0. The van der Waals surface area contributed by atoms with Gasteiger partial charge in [-0.1, -0.05) is 224 Å². The molecule has 4 nitrogen and oxygen atoms in total. The van der Waals surface area contributed by atoms with Crippen molar-refractivity contribution in [2.24, 2.45) is 0 Å². The van der Waals surface area contributed by atoms with Crippen molar-refractivity contribution in [3.8, 4) is 112 Å². The van der Waals surface area contributed by atoms with Crippen LogP contribution >= 0.6 is 0 Å². The predicted molar refractivity (Wildman–Crippen MR) is 331 cm³/mol. The van der Waals surface area contributed by atoms with E-state index >= 15 is 0 Å².